The summed E-state index contributed by atoms with van der Waals surface area (Å²) in [6.45, 7) is 6.52. The molecule has 0 saturated carbocycles. The maximum absolute atomic E-state index is 12.1. The first-order chi connectivity index (χ1) is 8.30. The van der Waals surface area contributed by atoms with Gasteiger partial charge in [-0.3, -0.25) is 0 Å². The largest absolute Gasteiger partial charge is 0.373 e. The first-order valence-electron chi connectivity index (χ1n) is 5.94. The van der Waals surface area contributed by atoms with E-state index in [9.17, 15) is 8.42 Å². The van der Waals surface area contributed by atoms with Crippen molar-refractivity contribution in [3.63, 3.8) is 0 Å². The minimum absolute atomic E-state index is 0.0497. The Labute approximate surface area is 109 Å². The van der Waals surface area contributed by atoms with Crippen LogP contribution in [0.4, 0.5) is 5.82 Å². The molecule has 2 N–H and O–H groups in total. The van der Waals surface area contributed by atoms with E-state index in [1.54, 1.807) is 7.05 Å². The quantitative estimate of drug-likeness (QED) is 0.828. The minimum Gasteiger partial charge on any atom is -0.373 e. The van der Waals surface area contributed by atoms with E-state index in [0.717, 1.165) is 6.42 Å². The van der Waals surface area contributed by atoms with Crippen LogP contribution < -0.4 is 10.0 Å². The fourth-order valence-corrected chi connectivity index (χ4v) is 2.47. The van der Waals surface area contributed by atoms with E-state index < -0.39 is 10.0 Å². The highest BCUT2D eigenvalue weighted by molar-refractivity contribution is 7.89. The molecule has 1 heterocycles. The van der Waals surface area contributed by atoms with Crippen molar-refractivity contribution in [1.82, 2.24) is 9.71 Å². The molecule has 0 spiro atoms. The molecular formula is C12H21N3O2S. The van der Waals surface area contributed by atoms with Crippen molar-refractivity contribution in [3.05, 3.63) is 18.3 Å². The molecule has 18 heavy (non-hydrogen) atoms. The van der Waals surface area contributed by atoms with Crippen molar-refractivity contribution < 1.29 is 8.42 Å². The van der Waals surface area contributed by atoms with E-state index in [4.69, 9.17) is 0 Å². The van der Waals surface area contributed by atoms with E-state index >= 15 is 0 Å². The number of anilines is 1. The van der Waals surface area contributed by atoms with Crippen molar-refractivity contribution in [2.24, 2.45) is 5.41 Å². The predicted molar refractivity (Wildman–Crippen MR) is 73.0 cm³/mol. The lowest BCUT2D eigenvalue weighted by molar-refractivity contribution is 0.350. The Morgan fingerprint density at radius 3 is 2.61 bits per heavy atom. The van der Waals surface area contributed by atoms with Crippen molar-refractivity contribution in [2.75, 3.05) is 18.9 Å². The normalized spacial score (nSPS) is 12.4. The minimum atomic E-state index is -3.47. The van der Waals surface area contributed by atoms with Crippen LogP contribution >= 0.6 is 0 Å². The summed E-state index contributed by atoms with van der Waals surface area (Å²) in [5.41, 5.74) is -0.0497. The van der Waals surface area contributed by atoms with Crippen LogP contribution in [0.2, 0.25) is 0 Å². The van der Waals surface area contributed by atoms with Gasteiger partial charge in [0.2, 0.25) is 10.0 Å². The smallest absolute Gasteiger partial charge is 0.240 e. The Bertz CT molecular complexity index is 498. The van der Waals surface area contributed by atoms with Gasteiger partial charge in [-0.2, -0.15) is 0 Å². The molecule has 0 bridgehead atoms. The molecule has 0 aliphatic rings. The molecule has 0 unspecified atom stereocenters. The fraction of sp³-hybridized carbons (Fsp3) is 0.583. The molecule has 0 radical (unpaired) electrons. The SMILES string of the molecule is CCC(C)(C)CNS(=O)(=O)c1ccnc(NC)c1. The molecule has 0 fully saturated rings. The van der Waals surface area contributed by atoms with E-state index in [1.165, 1.54) is 18.3 Å². The van der Waals surface area contributed by atoms with Gasteiger partial charge >= 0.3 is 0 Å². The van der Waals surface area contributed by atoms with Gasteiger partial charge in [0.05, 0.1) is 4.90 Å². The van der Waals surface area contributed by atoms with Crippen LogP contribution in [0.5, 0.6) is 0 Å². The third kappa shape index (κ3) is 3.96. The van der Waals surface area contributed by atoms with Crippen molar-refractivity contribution in [3.8, 4) is 0 Å². The lowest BCUT2D eigenvalue weighted by atomic mass is 9.91. The van der Waals surface area contributed by atoms with E-state index in [2.05, 4.69) is 15.0 Å². The predicted octanol–water partition coefficient (Wildman–Crippen LogP) is 1.84. The maximum atomic E-state index is 12.1. The van der Waals surface area contributed by atoms with Crippen LogP contribution in [-0.4, -0.2) is 27.0 Å². The van der Waals surface area contributed by atoms with Gasteiger partial charge in [0.1, 0.15) is 5.82 Å². The molecule has 0 atom stereocenters. The molecule has 0 saturated heterocycles. The number of aromatic nitrogens is 1. The number of rotatable bonds is 6. The number of nitrogens with zero attached hydrogens (tertiary/aromatic N) is 1. The Kier molecular flexibility index (Phi) is 4.70. The standard InChI is InChI=1S/C12H21N3O2S/c1-5-12(2,3)9-15-18(16,17)10-6-7-14-11(8-10)13-4/h6-8,15H,5,9H2,1-4H3,(H,13,14). The summed E-state index contributed by atoms with van der Waals surface area (Å²) < 4.78 is 26.8. The summed E-state index contributed by atoms with van der Waals surface area (Å²) in [6, 6.07) is 3.00. The van der Waals surface area contributed by atoms with Crippen LogP contribution in [0.3, 0.4) is 0 Å². The number of pyridine rings is 1. The van der Waals surface area contributed by atoms with Gasteiger partial charge in [-0.25, -0.2) is 18.1 Å². The molecule has 0 aliphatic heterocycles. The second kappa shape index (κ2) is 5.67. The summed E-state index contributed by atoms with van der Waals surface area (Å²) in [6.07, 6.45) is 2.39. The Balaban J connectivity index is 2.86. The zero-order valence-electron chi connectivity index (χ0n) is 11.3. The van der Waals surface area contributed by atoms with Gasteiger partial charge in [-0.15, -0.1) is 0 Å². The summed E-state index contributed by atoms with van der Waals surface area (Å²) in [7, 11) is -1.77. The molecular weight excluding hydrogens is 250 g/mol. The first kappa shape index (κ1) is 14.9. The van der Waals surface area contributed by atoms with Gasteiger partial charge in [-0.05, 0) is 17.9 Å². The molecule has 5 nitrogen and oxygen atoms in total. The Morgan fingerprint density at radius 2 is 2.06 bits per heavy atom. The van der Waals surface area contributed by atoms with Crippen molar-refractivity contribution in [2.45, 2.75) is 32.1 Å². The Morgan fingerprint density at radius 1 is 1.39 bits per heavy atom. The monoisotopic (exact) mass is 271 g/mol. The molecule has 102 valence electrons. The van der Waals surface area contributed by atoms with Gasteiger partial charge in [0.15, 0.2) is 0 Å². The average molecular weight is 271 g/mol. The van der Waals surface area contributed by atoms with Gasteiger partial charge in [0, 0.05) is 25.9 Å². The maximum Gasteiger partial charge on any atom is 0.240 e. The fourth-order valence-electron chi connectivity index (χ4n) is 1.21. The van der Waals surface area contributed by atoms with Gasteiger partial charge in [0.25, 0.3) is 0 Å². The van der Waals surface area contributed by atoms with Crippen molar-refractivity contribution in [1.29, 1.82) is 0 Å². The van der Waals surface area contributed by atoms with Crippen LogP contribution in [0.25, 0.3) is 0 Å². The number of hydrogen-bond donors (Lipinski definition) is 2. The third-order valence-corrected chi connectivity index (χ3v) is 4.39. The van der Waals surface area contributed by atoms with E-state index in [1.807, 2.05) is 20.8 Å². The van der Waals surface area contributed by atoms with Crippen molar-refractivity contribution >= 4 is 15.8 Å². The first-order valence-corrected chi connectivity index (χ1v) is 7.42. The highest BCUT2D eigenvalue weighted by atomic mass is 32.2. The van der Waals surface area contributed by atoms with Crippen LogP contribution in [0, 0.1) is 5.41 Å². The lowest BCUT2D eigenvalue weighted by Crippen LogP contribution is -2.33. The summed E-state index contributed by atoms with van der Waals surface area (Å²) >= 11 is 0. The molecule has 1 rings (SSSR count). The van der Waals surface area contributed by atoms with Gasteiger partial charge < -0.3 is 5.32 Å². The molecule has 6 heteroatoms. The summed E-state index contributed by atoms with van der Waals surface area (Å²) in [4.78, 5) is 4.22. The zero-order valence-corrected chi connectivity index (χ0v) is 12.1. The summed E-state index contributed by atoms with van der Waals surface area (Å²) in [5.74, 6) is 0.535. The Hall–Kier alpha value is -1.14. The third-order valence-electron chi connectivity index (χ3n) is 3.00. The number of nitrogens with one attached hydrogen (secondary N) is 2. The molecule has 1 aromatic rings. The van der Waals surface area contributed by atoms with E-state index in [0.29, 0.717) is 12.4 Å². The number of sulfonamides is 1. The average Bonchev–Trinajstić information content (AvgIpc) is 2.37. The van der Waals surface area contributed by atoms with E-state index in [-0.39, 0.29) is 10.3 Å². The van der Waals surface area contributed by atoms with Gasteiger partial charge in [-0.1, -0.05) is 20.8 Å². The van der Waals surface area contributed by atoms with Crippen LogP contribution in [0.1, 0.15) is 27.2 Å². The number of hydrogen-bond acceptors (Lipinski definition) is 4. The molecule has 0 amide bonds. The second-order valence-corrected chi connectivity index (χ2v) is 6.74. The molecule has 0 aliphatic carbocycles. The van der Waals surface area contributed by atoms with Crippen LogP contribution in [-0.2, 0) is 10.0 Å². The topological polar surface area (TPSA) is 71.1 Å². The second-order valence-electron chi connectivity index (χ2n) is 4.97. The molecule has 0 aromatic carbocycles. The highest BCUT2D eigenvalue weighted by Gasteiger charge is 2.20. The zero-order chi connectivity index (χ0) is 13.8. The summed E-state index contributed by atoms with van der Waals surface area (Å²) in [5, 5.41) is 2.82. The highest BCUT2D eigenvalue weighted by Crippen LogP contribution is 2.19. The van der Waals surface area contributed by atoms with Crippen LogP contribution in [0.15, 0.2) is 23.2 Å². The molecule has 1 aromatic heterocycles. The lowest BCUT2D eigenvalue weighted by Gasteiger charge is -2.22.